The van der Waals surface area contributed by atoms with E-state index in [4.69, 9.17) is 9.26 Å². The van der Waals surface area contributed by atoms with Crippen LogP contribution in [-0.2, 0) is 24.2 Å². The van der Waals surface area contributed by atoms with E-state index in [-0.39, 0.29) is 6.10 Å². The predicted octanol–water partition coefficient (Wildman–Crippen LogP) is 2.45. The first kappa shape index (κ1) is 13.0. The minimum atomic E-state index is 0.244. The van der Waals surface area contributed by atoms with Crippen LogP contribution >= 0.6 is 0 Å². The van der Waals surface area contributed by atoms with Gasteiger partial charge in [-0.1, -0.05) is 11.2 Å². The van der Waals surface area contributed by atoms with Crippen LogP contribution in [-0.4, -0.2) is 22.9 Å². The fourth-order valence-electron chi connectivity index (χ4n) is 3.05. The molecule has 0 saturated carbocycles. The van der Waals surface area contributed by atoms with Crippen LogP contribution in [0.5, 0.6) is 0 Å². The maximum atomic E-state index is 5.73. The van der Waals surface area contributed by atoms with Gasteiger partial charge in [-0.05, 0) is 42.5 Å². The highest BCUT2D eigenvalue weighted by Crippen LogP contribution is 2.24. The highest BCUT2D eigenvalue weighted by atomic mass is 16.5. The molecule has 0 radical (unpaired) electrons. The van der Waals surface area contributed by atoms with Gasteiger partial charge in [0.25, 0.3) is 5.89 Å². The number of nitrogens with one attached hydrogen (secondary N) is 1. The average molecular weight is 285 g/mol. The second-order valence-corrected chi connectivity index (χ2v) is 5.80. The van der Waals surface area contributed by atoms with Gasteiger partial charge in [-0.3, -0.25) is 0 Å². The zero-order chi connectivity index (χ0) is 14.1. The van der Waals surface area contributed by atoms with E-state index in [0.717, 1.165) is 50.3 Å². The molecule has 1 saturated heterocycles. The molecule has 3 heterocycles. The second-order valence-electron chi connectivity index (χ2n) is 5.80. The van der Waals surface area contributed by atoms with Crippen LogP contribution < -0.4 is 5.32 Å². The molecule has 1 fully saturated rings. The van der Waals surface area contributed by atoms with Crippen molar-refractivity contribution in [2.45, 2.75) is 44.9 Å². The molecule has 1 aromatic heterocycles. The molecule has 0 amide bonds. The largest absolute Gasteiger partial charge is 0.378 e. The van der Waals surface area contributed by atoms with Crippen LogP contribution in [0.1, 0.15) is 36.2 Å². The third-order valence-corrected chi connectivity index (χ3v) is 4.24. The Bertz CT molecular complexity index is 632. The summed E-state index contributed by atoms with van der Waals surface area (Å²) < 4.78 is 11.1. The normalized spacial score (nSPS) is 21.4. The van der Waals surface area contributed by atoms with Crippen molar-refractivity contribution in [1.82, 2.24) is 15.5 Å². The van der Waals surface area contributed by atoms with E-state index in [1.54, 1.807) is 0 Å². The monoisotopic (exact) mass is 285 g/mol. The molecule has 1 N–H and O–H groups in total. The fourth-order valence-corrected chi connectivity index (χ4v) is 3.05. The molecule has 1 aromatic carbocycles. The zero-order valence-corrected chi connectivity index (χ0v) is 12.0. The minimum absolute atomic E-state index is 0.244. The number of aromatic nitrogens is 2. The smallest absolute Gasteiger partial charge is 0.257 e. The summed E-state index contributed by atoms with van der Waals surface area (Å²) in [5.74, 6) is 1.35. The van der Waals surface area contributed by atoms with Crippen molar-refractivity contribution in [2.24, 2.45) is 0 Å². The topological polar surface area (TPSA) is 60.2 Å². The first-order chi connectivity index (χ1) is 10.4. The lowest BCUT2D eigenvalue weighted by molar-refractivity contribution is 0.0153. The van der Waals surface area contributed by atoms with Crippen LogP contribution in [0.25, 0.3) is 11.5 Å². The quantitative estimate of drug-likeness (QED) is 0.938. The van der Waals surface area contributed by atoms with E-state index >= 15 is 0 Å². The summed E-state index contributed by atoms with van der Waals surface area (Å²) in [6, 6.07) is 6.34. The van der Waals surface area contributed by atoms with Crippen molar-refractivity contribution in [3.63, 3.8) is 0 Å². The molecule has 4 rings (SSSR count). The molecule has 2 aliphatic heterocycles. The molecular weight excluding hydrogens is 266 g/mol. The number of rotatable bonds is 3. The van der Waals surface area contributed by atoms with Crippen LogP contribution in [0.15, 0.2) is 22.7 Å². The molecule has 110 valence electrons. The first-order valence-electron chi connectivity index (χ1n) is 7.65. The Morgan fingerprint density at radius 3 is 3.05 bits per heavy atom. The summed E-state index contributed by atoms with van der Waals surface area (Å²) >= 11 is 0. The van der Waals surface area contributed by atoms with E-state index in [0.29, 0.717) is 5.89 Å². The number of hydrogen-bond acceptors (Lipinski definition) is 5. The van der Waals surface area contributed by atoms with Gasteiger partial charge in [0, 0.05) is 31.7 Å². The van der Waals surface area contributed by atoms with E-state index in [9.17, 15) is 0 Å². The van der Waals surface area contributed by atoms with Gasteiger partial charge in [-0.15, -0.1) is 0 Å². The molecule has 1 unspecified atom stereocenters. The van der Waals surface area contributed by atoms with Gasteiger partial charge < -0.3 is 14.6 Å². The Balaban J connectivity index is 1.51. The van der Waals surface area contributed by atoms with Crippen molar-refractivity contribution >= 4 is 0 Å². The maximum Gasteiger partial charge on any atom is 0.257 e. The van der Waals surface area contributed by atoms with E-state index in [1.165, 1.54) is 17.5 Å². The van der Waals surface area contributed by atoms with Crippen LogP contribution in [0, 0.1) is 0 Å². The van der Waals surface area contributed by atoms with Crippen LogP contribution in [0.2, 0.25) is 0 Å². The van der Waals surface area contributed by atoms with Crippen molar-refractivity contribution in [3.8, 4) is 11.5 Å². The Morgan fingerprint density at radius 2 is 2.14 bits per heavy atom. The Kier molecular flexibility index (Phi) is 3.45. The molecule has 21 heavy (non-hydrogen) atoms. The van der Waals surface area contributed by atoms with Gasteiger partial charge in [-0.25, -0.2) is 0 Å². The first-order valence-corrected chi connectivity index (χ1v) is 7.65. The average Bonchev–Trinajstić information content (AvgIpc) is 3.16. The van der Waals surface area contributed by atoms with Crippen molar-refractivity contribution in [3.05, 3.63) is 35.2 Å². The summed E-state index contributed by atoms with van der Waals surface area (Å²) in [5, 5.41) is 7.44. The molecule has 2 aliphatic rings. The van der Waals surface area contributed by atoms with E-state index in [2.05, 4.69) is 33.7 Å². The number of benzene rings is 1. The Morgan fingerprint density at radius 1 is 1.19 bits per heavy atom. The number of hydrogen-bond donors (Lipinski definition) is 1. The number of nitrogens with zero attached hydrogens (tertiary/aromatic N) is 2. The lowest BCUT2D eigenvalue weighted by atomic mass is 10.1. The molecule has 0 bridgehead atoms. The van der Waals surface area contributed by atoms with Crippen LogP contribution in [0.4, 0.5) is 0 Å². The molecule has 2 aromatic rings. The minimum Gasteiger partial charge on any atom is -0.378 e. The van der Waals surface area contributed by atoms with Gasteiger partial charge in [0.05, 0.1) is 6.10 Å². The molecular formula is C16H19N3O2. The van der Waals surface area contributed by atoms with Gasteiger partial charge in [0.2, 0.25) is 0 Å². The lowest BCUT2D eigenvalue weighted by Crippen LogP contribution is -2.21. The van der Waals surface area contributed by atoms with Crippen LogP contribution in [0.3, 0.4) is 0 Å². The maximum absolute atomic E-state index is 5.73. The Labute approximate surface area is 123 Å². The highest BCUT2D eigenvalue weighted by molar-refractivity contribution is 5.56. The van der Waals surface area contributed by atoms with Gasteiger partial charge in [-0.2, -0.15) is 4.98 Å². The summed E-state index contributed by atoms with van der Waals surface area (Å²) in [6.45, 7) is 2.72. The summed E-state index contributed by atoms with van der Waals surface area (Å²) in [6.07, 6.45) is 4.47. The van der Waals surface area contributed by atoms with E-state index in [1.807, 2.05) is 0 Å². The standard InChI is InChI=1S/C16H19N3O2/c1-2-6-20-14(3-1)8-15-18-16(21-19-15)11-4-5-12-9-17-10-13(12)7-11/h4-5,7,14,17H,1-3,6,8-10H2. The molecule has 0 aliphatic carbocycles. The third-order valence-electron chi connectivity index (χ3n) is 4.24. The SMILES string of the molecule is c1cc2c(cc1-c1nc(CC3CCCCO3)no1)CNC2. The summed E-state index contributed by atoms with van der Waals surface area (Å²) in [5.41, 5.74) is 3.68. The van der Waals surface area contributed by atoms with Gasteiger partial charge >= 0.3 is 0 Å². The Hall–Kier alpha value is -1.72. The fraction of sp³-hybridized carbons (Fsp3) is 0.500. The molecule has 1 atom stereocenters. The lowest BCUT2D eigenvalue weighted by Gasteiger charge is -2.20. The highest BCUT2D eigenvalue weighted by Gasteiger charge is 2.19. The molecule has 5 heteroatoms. The van der Waals surface area contributed by atoms with Gasteiger partial charge in [0.1, 0.15) is 0 Å². The molecule has 5 nitrogen and oxygen atoms in total. The van der Waals surface area contributed by atoms with Crippen molar-refractivity contribution in [2.75, 3.05) is 6.61 Å². The molecule has 0 spiro atoms. The predicted molar refractivity (Wildman–Crippen MR) is 77.6 cm³/mol. The summed E-state index contributed by atoms with van der Waals surface area (Å²) in [7, 11) is 0. The van der Waals surface area contributed by atoms with Gasteiger partial charge in [0.15, 0.2) is 5.82 Å². The number of fused-ring (bicyclic) bond motifs is 1. The zero-order valence-electron chi connectivity index (χ0n) is 12.0. The third kappa shape index (κ3) is 2.71. The van der Waals surface area contributed by atoms with Crippen molar-refractivity contribution in [1.29, 1.82) is 0 Å². The number of ether oxygens (including phenoxy) is 1. The second kappa shape index (κ2) is 5.58. The summed E-state index contributed by atoms with van der Waals surface area (Å²) in [4.78, 5) is 4.52. The van der Waals surface area contributed by atoms with E-state index < -0.39 is 0 Å². The van der Waals surface area contributed by atoms with Crippen molar-refractivity contribution < 1.29 is 9.26 Å².